The van der Waals surface area contributed by atoms with Crippen molar-refractivity contribution in [3.8, 4) is 0 Å². The van der Waals surface area contributed by atoms with Gasteiger partial charge in [0, 0.05) is 13.1 Å². The highest BCUT2D eigenvalue weighted by atomic mass is 35.5. The third-order valence-electron chi connectivity index (χ3n) is 4.87. The zero-order valence-electron chi connectivity index (χ0n) is 12.3. The molecule has 2 saturated heterocycles. The average molecular weight is 349 g/mol. The van der Waals surface area contributed by atoms with Gasteiger partial charge in [-0.25, -0.2) is 0 Å². The molecule has 1 spiro atoms. The lowest BCUT2D eigenvalue weighted by molar-refractivity contribution is 0.0500. The molecule has 6 heteroatoms. The van der Waals surface area contributed by atoms with Crippen LogP contribution in [0.25, 0.3) is 0 Å². The summed E-state index contributed by atoms with van der Waals surface area (Å²) in [6, 6.07) is 0. The van der Waals surface area contributed by atoms with Crippen LogP contribution in [0.2, 0.25) is 5.02 Å². The minimum Gasteiger partial charge on any atom is -0.338 e. The molecule has 1 amide bonds. The molecule has 0 aliphatic carbocycles. The van der Waals surface area contributed by atoms with Gasteiger partial charge in [0.2, 0.25) is 0 Å². The molecule has 1 aromatic heterocycles. The Balaban J connectivity index is 0.00000161. The molecule has 1 aromatic rings. The van der Waals surface area contributed by atoms with Crippen molar-refractivity contribution in [1.29, 1.82) is 0 Å². The standard InChI is InChI=1S/C15H21ClN2OS.ClH/c1-11-10-20-13(12(11)16)14(19)18-8-4-15(5-9-18)2-6-17-7-3-15;/h10,17H,2-9H2,1H3;1H. The number of halogens is 2. The molecule has 0 unspecified atom stereocenters. The summed E-state index contributed by atoms with van der Waals surface area (Å²) in [6.07, 6.45) is 4.80. The first-order valence-electron chi connectivity index (χ1n) is 7.35. The van der Waals surface area contributed by atoms with Crippen LogP contribution >= 0.6 is 35.3 Å². The fraction of sp³-hybridized carbons (Fsp3) is 0.667. The van der Waals surface area contributed by atoms with Crippen LogP contribution in [0.15, 0.2) is 5.38 Å². The van der Waals surface area contributed by atoms with Gasteiger partial charge in [-0.3, -0.25) is 4.79 Å². The van der Waals surface area contributed by atoms with Crippen LogP contribution in [0.4, 0.5) is 0 Å². The van der Waals surface area contributed by atoms with Crippen molar-refractivity contribution < 1.29 is 4.79 Å². The number of rotatable bonds is 1. The third kappa shape index (κ3) is 3.39. The van der Waals surface area contributed by atoms with Crippen LogP contribution in [0, 0.1) is 12.3 Å². The summed E-state index contributed by atoms with van der Waals surface area (Å²) < 4.78 is 0. The van der Waals surface area contributed by atoms with Gasteiger partial charge >= 0.3 is 0 Å². The van der Waals surface area contributed by atoms with Gasteiger partial charge in [0.05, 0.1) is 5.02 Å². The number of nitrogens with zero attached hydrogens (tertiary/aromatic N) is 1. The zero-order valence-corrected chi connectivity index (χ0v) is 14.7. The van der Waals surface area contributed by atoms with Gasteiger partial charge in [-0.2, -0.15) is 0 Å². The predicted octanol–water partition coefficient (Wildman–Crippen LogP) is 3.74. The normalized spacial score (nSPS) is 21.1. The molecule has 0 aromatic carbocycles. The summed E-state index contributed by atoms with van der Waals surface area (Å²) in [5.41, 5.74) is 1.49. The molecular formula is C15H22Cl2N2OS. The Kier molecular flexibility index (Phi) is 5.58. The fourth-order valence-electron chi connectivity index (χ4n) is 3.36. The summed E-state index contributed by atoms with van der Waals surface area (Å²) in [6.45, 7) is 5.97. The quantitative estimate of drug-likeness (QED) is 0.838. The third-order valence-corrected chi connectivity index (χ3v) is 6.55. The van der Waals surface area contributed by atoms with E-state index in [1.165, 1.54) is 24.2 Å². The number of piperidine rings is 2. The largest absolute Gasteiger partial charge is 0.338 e. The highest BCUT2D eigenvalue weighted by Gasteiger charge is 2.37. The number of hydrogen-bond acceptors (Lipinski definition) is 3. The zero-order chi connectivity index (χ0) is 14.2. The molecule has 2 aliphatic rings. The van der Waals surface area contributed by atoms with Gasteiger partial charge in [-0.05, 0) is 62.1 Å². The van der Waals surface area contributed by atoms with Crippen molar-refractivity contribution in [2.45, 2.75) is 32.6 Å². The van der Waals surface area contributed by atoms with E-state index in [1.54, 1.807) is 0 Å². The van der Waals surface area contributed by atoms with E-state index in [0.29, 0.717) is 15.3 Å². The van der Waals surface area contributed by atoms with E-state index in [2.05, 4.69) is 5.32 Å². The number of nitrogens with one attached hydrogen (secondary N) is 1. The van der Waals surface area contributed by atoms with Crippen LogP contribution in [0.1, 0.15) is 40.9 Å². The number of hydrogen-bond donors (Lipinski definition) is 1. The summed E-state index contributed by atoms with van der Waals surface area (Å²) in [5, 5.41) is 6.04. The molecule has 21 heavy (non-hydrogen) atoms. The van der Waals surface area contributed by atoms with Crippen molar-refractivity contribution in [1.82, 2.24) is 10.2 Å². The lowest BCUT2D eigenvalue weighted by Gasteiger charge is -2.44. The van der Waals surface area contributed by atoms with E-state index in [0.717, 1.165) is 44.6 Å². The molecule has 3 rings (SSSR count). The Hall–Kier alpha value is -0.290. The first kappa shape index (κ1) is 17.1. The second-order valence-electron chi connectivity index (χ2n) is 6.10. The van der Waals surface area contributed by atoms with Crippen LogP contribution < -0.4 is 5.32 Å². The lowest BCUT2D eigenvalue weighted by atomic mass is 9.71. The van der Waals surface area contributed by atoms with E-state index in [9.17, 15) is 4.79 Å². The van der Waals surface area contributed by atoms with E-state index in [-0.39, 0.29) is 18.3 Å². The van der Waals surface area contributed by atoms with E-state index < -0.39 is 0 Å². The Bertz CT molecular complexity index is 502. The van der Waals surface area contributed by atoms with Crippen molar-refractivity contribution in [2.75, 3.05) is 26.2 Å². The topological polar surface area (TPSA) is 32.3 Å². The van der Waals surface area contributed by atoms with Crippen LogP contribution in [0.5, 0.6) is 0 Å². The number of carbonyl (C=O) groups excluding carboxylic acids is 1. The maximum absolute atomic E-state index is 12.5. The SMILES string of the molecule is Cc1csc(C(=O)N2CCC3(CCNCC3)CC2)c1Cl.Cl. The fourth-order valence-corrected chi connectivity index (χ4v) is 4.60. The predicted molar refractivity (Wildman–Crippen MR) is 91.0 cm³/mol. The first-order valence-corrected chi connectivity index (χ1v) is 8.61. The molecule has 0 radical (unpaired) electrons. The molecular weight excluding hydrogens is 327 g/mol. The number of amides is 1. The number of likely N-dealkylation sites (tertiary alicyclic amines) is 1. The molecule has 2 fully saturated rings. The summed E-state index contributed by atoms with van der Waals surface area (Å²) in [4.78, 5) is 15.2. The maximum Gasteiger partial charge on any atom is 0.265 e. The smallest absolute Gasteiger partial charge is 0.265 e. The first-order chi connectivity index (χ1) is 9.61. The van der Waals surface area contributed by atoms with Crippen LogP contribution in [-0.4, -0.2) is 37.0 Å². The summed E-state index contributed by atoms with van der Waals surface area (Å²) in [7, 11) is 0. The molecule has 3 heterocycles. The number of aryl methyl sites for hydroxylation is 1. The molecule has 0 atom stereocenters. The molecule has 1 N–H and O–H groups in total. The molecule has 0 saturated carbocycles. The second kappa shape index (κ2) is 6.86. The van der Waals surface area contributed by atoms with E-state index in [4.69, 9.17) is 11.6 Å². The van der Waals surface area contributed by atoms with Crippen molar-refractivity contribution in [3.05, 3.63) is 20.8 Å². The van der Waals surface area contributed by atoms with Gasteiger partial charge in [0.25, 0.3) is 5.91 Å². The molecule has 118 valence electrons. The van der Waals surface area contributed by atoms with Gasteiger partial charge < -0.3 is 10.2 Å². The molecule has 2 aliphatic heterocycles. The van der Waals surface area contributed by atoms with E-state index >= 15 is 0 Å². The second-order valence-corrected chi connectivity index (χ2v) is 7.36. The highest BCUT2D eigenvalue weighted by Crippen LogP contribution is 2.40. The Labute approximate surface area is 141 Å². The summed E-state index contributed by atoms with van der Waals surface area (Å²) in [5.74, 6) is 0.122. The van der Waals surface area contributed by atoms with Crippen molar-refractivity contribution in [3.63, 3.8) is 0 Å². The van der Waals surface area contributed by atoms with Crippen LogP contribution in [0.3, 0.4) is 0 Å². The minimum absolute atomic E-state index is 0. The lowest BCUT2D eigenvalue weighted by Crippen LogP contribution is -2.47. The van der Waals surface area contributed by atoms with Gasteiger partial charge in [0.15, 0.2) is 0 Å². The Morgan fingerprint density at radius 3 is 2.43 bits per heavy atom. The highest BCUT2D eigenvalue weighted by molar-refractivity contribution is 7.13. The monoisotopic (exact) mass is 348 g/mol. The van der Waals surface area contributed by atoms with Crippen LogP contribution in [-0.2, 0) is 0 Å². The number of thiophene rings is 1. The summed E-state index contributed by atoms with van der Waals surface area (Å²) >= 11 is 7.69. The van der Waals surface area contributed by atoms with Crippen molar-refractivity contribution in [2.24, 2.45) is 5.41 Å². The number of carbonyl (C=O) groups is 1. The molecule has 0 bridgehead atoms. The van der Waals surface area contributed by atoms with Gasteiger partial charge in [-0.15, -0.1) is 23.7 Å². The molecule has 3 nitrogen and oxygen atoms in total. The maximum atomic E-state index is 12.5. The average Bonchev–Trinajstić information content (AvgIpc) is 2.80. The van der Waals surface area contributed by atoms with E-state index in [1.807, 2.05) is 17.2 Å². The van der Waals surface area contributed by atoms with Gasteiger partial charge in [0.1, 0.15) is 4.88 Å². The Morgan fingerprint density at radius 2 is 1.90 bits per heavy atom. The Morgan fingerprint density at radius 1 is 1.29 bits per heavy atom. The minimum atomic E-state index is 0. The van der Waals surface area contributed by atoms with Gasteiger partial charge in [-0.1, -0.05) is 11.6 Å². The van der Waals surface area contributed by atoms with Crippen molar-refractivity contribution >= 4 is 41.3 Å².